The predicted molar refractivity (Wildman–Crippen MR) is 106 cm³/mol. The Morgan fingerprint density at radius 1 is 1.07 bits per heavy atom. The van der Waals surface area contributed by atoms with E-state index in [2.05, 4.69) is 26.3 Å². The Bertz CT molecular complexity index is 910. The molecule has 2 aromatic heterocycles. The van der Waals surface area contributed by atoms with Gasteiger partial charge in [0.25, 0.3) is 5.91 Å². The average molecular weight is 361 g/mol. The van der Waals surface area contributed by atoms with Crippen molar-refractivity contribution >= 4 is 17.5 Å². The number of aryl methyl sites for hydroxylation is 2. The second-order valence-electron chi connectivity index (χ2n) is 6.57. The van der Waals surface area contributed by atoms with E-state index < -0.39 is 0 Å². The lowest BCUT2D eigenvalue weighted by Gasteiger charge is -2.17. The summed E-state index contributed by atoms with van der Waals surface area (Å²) in [5.74, 6) is 0.377. The van der Waals surface area contributed by atoms with Crippen LogP contribution in [0.4, 0.5) is 11.6 Å². The first-order valence-electron chi connectivity index (χ1n) is 8.83. The van der Waals surface area contributed by atoms with Gasteiger partial charge in [0.1, 0.15) is 0 Å². The smallest absolute Gasteiger partial charge is 0.256 e. The molecule has 2 heterocycles. The molecule has 0 unspecified atom stereocenters. The van der Waals surface area contributed by atoms with Gasteiger partial charge in [-0.2, -0.15) is 0 Å². The minimum Gasteiger partial charge on any atom is -0.341 e. The monoisotopic (exact) mass is 361 g/mol. The highest BCUT2D eigenvalue weighted by Crippen LogP contribution is 2.19. The zero-order valence-electron chi connectivity index (χ0n) is 15.8. The van der Waals surface area contributed by atoms with Gasteiger partial charge in [-0.3, -0.25) is 9.78 Å². The summed E-state index contributed by atoms with van der Waals surface area (Å²) in [5, 5.41) is 3.20. The summed E-state index contributed by atoms with van der Waals surface area (Å²) in [6.45, 7) is 4.68. The summed E-state index contributed by atoms with van der Waals surface area (Å²) in [7, 11) is 1.78. The molecule has 3 rings (SSSR count). The molecule has 0 saturated carbocycles. The number of anilines is 2. The van der Waals surface area contributed by atoms with E-state index in [0.717, 1.165) is 28.8 Å². The summed E-state index contributed by atoms with van der Waals surface area (Å²) in [6.07, 6.45) is 7.41. The summed E-state index contributed by atoms with van der Waals surface area (Å²) < 4.78 is 0. The fourth-order valence-corrected chi connectivity index (χ4v) is 2.66. The van der Waals surface area contributed by atoms with Crippen LogP contribution in [-0.2, 0) is 6.42 Å². The van der Waals surface area contributed by atoms with Crippen LogP contribution in [0, 0.1) is 13.8 Å². The molecule has 0 aliphatic heterocycles. The van der Waals surface area contributed by atoms with Crippen molar-refractivity contribution in [2.45, 2.75) is 20.3 Å². The van der Waals surface area contributed by atoms with E-state index in [9.17, 15) is 4.79 Å². The molecule has 0 atom stereocenters. The molecule has 6 nitrogen and oxygen atoms in total. The van der Waals surface area contributed by atoms with Crippen molar-refractivity contribution in [3.63, 3.8) is 0 Å². The number of likely N-dealkylation sites (N-methyl/N-ethyl adjacent to an activating group) is 1. The molecule has 0 spiro atoms. The number of benzene rings is 1. The van der Waals surface area contributed by atoms with Crippen LogP contribution in [0.2, 0.25) is 0 Å². The van der Waals surface area contributed by atoms with Crippen molar-refractivity contribution in [1.29, 1.82) is 0 Å². The van der Waals surface area contributed by atoms with Crippen LogP contribution in [0.1, 0.15) is 27.0 Å². The minimum atomic E-state index is -0.0951. The number of nitrogens with one attached hydrogen (secondary N) is 1. The van der Waals surface area contributed by atoms with E-state index in [0.29, 0.717) is 18.1 Å². The number of hydrogen-bond donors (Lipinski definition) is 1. The van der Waals surface area contributed by atoms with E-state index in [1.54, 1.807) is 36.7 Å². The molecule has 1 amide bonds. The van der Waals surface area contributed by atoms with Gasteiger partial charge in [0.15, 0.2) is 0 Å². The van der Waals surface area contributed by atoms with Gasteiger partial charge in [0.2, 0.25) is 5.95 Å². The SMILES string of the molecule is Cc1ccc(C)c(Nc2ncc(C(=O)N(C)CCc3ccncc3)cn2)c1. The topological polar surface area (TPSA) is 71.0 Å². The summed E-state index contributed by atoms with van der Waals surface area (Å²) in [6, 6.07) is 10.1. The maximum atomic E-state index is 12.5. The summed E-state index contributed by atoms with van der Waals surface area (Å²) >= 11 is 0. The highest BCUT2D eigenvalue weighted by molar-refractivity contribution is 5.93. The molecular weight excluding hydrogens is 338 g/mol. The first-order chi connectivity index (χ1) is 13.0. The Morgan fingerprint density at radius 2 is 1.78 bits per heavy atom. The van der Waals surface area contributed by atoms with Crippen LogP contribution in [0.3, 0.4) is 0 Å². The molecule has 0 fully saturated rings. The molecule has 1 aromatic carbocycles. The van der Waals surface area contributed by atoms with E-state index >= 15 is 0 Å². The highest BCUT2D eigenvalue weighted by atomic mass is 16.2. The molecule has 0 bridgehead atoms. The highest BCUT2D eigenvalue weighted by Gasteiger charge is 2.13. The third kappa shape index (κ3) is 4.88. The molecule has 6 heteroatoms. The zero-order valence-corrected chi connectivity index (χ0v) is 15.8. The lowest BCUT2D eigenvalue weighted by atomic mass is 10.1. The van der Waals surface area contributed by atoms with Crippen LogP contribution in [0.25, 0.3) is 0 Å². The average Bonchev–Trinajstić information content (AvgIpc) is 2.70. The standard InChI is InChI=1S/C21H23N5O/c1-15-4-5-16(2)19(12-15)25-21-23-13-18(14-24-21)20(27)26(3)11-8-17-6-9-22-10-7-17/h4-7,9-10,12-14H,8,11H2,1-3H3,(H,23,24,25). The number of nitrogens with zero attached hydrogens (tertiary/aromatic N) is 4. The van der Waals surface area contributed by atoms with Gasteiger partial charge in [0, 0.05) is 44.1 Å². The van der Waals surface area contributed by atoms with Gasteiger partial charge in [-0.25, -0.2) is 9.97 Å². The first-order valence-corrected chi connectivity index (χ1v) is 8.83. The largest absolute Gasteiger partial charge is 0.341 e. The summed E-state index contributed by atoms with van der Waals surface area (Å²) in [5.41, 5.74) is 4.85. The zero-order chi connectivity index (χ0) is 19.2. The van der Waals surface area contributed by atoms with Crippen molar-refractivity contribution in [3.05, 3.63) is 77.4 Å². The van der Waals surface area contributed by atoms with Crippen LogP contribution >= 0.6 is 0 Å². The molecule has 0 aliphatic carbocycles. The fourth-order valence-electron chi connectivity index (χ4n) is 2.66. The Labute approximate surface area is 159 Å². The number of aromatic nitrogens is 3. The number of carbonyl (C=O) groups excluding carboxylic acids is 1. The van der Waals surface area contributed by atoms with Gasteiger partial charge >= 0.3 is 0 Å². The lowest BCUT2D eigenvalue weighted by molar-refractivity contribution is 0.0796. The Morgan fingerprint density at radius 3 is 2.48 bits per heavy atom. The van der Waals surface area contributed by atoms with Crippen LogP contribution in [0.5, 0.6) is 0 Å². The number of pyridine rings is 1. The Kier molecular flexibility index (Phi) is 5.76. The second-order valence-corrected chi connectivity index (χ2v) is 6.57. The van der Waals surface area contributed by atoms with Crippen molar-refractivity contribution in [2.75, 3.05) is 18.9 Å². The molecule has 0 aliphatic rings. The second kappa shape index (κ2) is 8.40. The number of carbonyl (C=O) groups is 1. The van der Waals surface area contributed by atoms with E-state index in [4.69, 9.17) is 0 Å². The normalized spacial score (nSPS) is 10.5. The lowest BCUT2D eigenvalue weighted by Crippen LogP contribution is -2.29. The molecule has 0 saturated heterocycles. The van der Waals surface area contributed by atoms with Crippen molar-refractivity contribution in [2.24, 2.45) is 0 Å². The van der Waals surface area contributed by atoms with Crippen molar-refractivity contribution < 1.29 is 4.79 Å². The van der Waals surface area contributed by atoms with Crippen molar-refractivity contribution in [3.8, 4) is 0 Å². The van der Waals surface area contributed by atoms with E-state index in [1.807, 2.05) is 38.1 Å². The van der Waals surface area contributed by atoms with E-state index in [-0.39, 0.29) is 5.91 Å². The first kappa shape index (κ1) is 18.5. The molecular formula is C21H23N5O. The quantitative estimate of drug-likeness (QED) is 0.727. The molecule has 1 N–H and O–H groups in total. The van der Waals surface area contributed by atoms with Gasteiger partial charge in [0.05, 0.1) is 5.56 Å². The summed E-state index contributed by atoms with van der Waals surface area (Å²) in [4.78, 5) is 26.8. The Hall–Kier alpha value is -3.28. The van der Waals surface area contributed by atoms with E-state index in [1.165, 1.54) is 0 Å². The maximum absolute atomic E-state index is 12.5. The number of hydrogen-bond acceptors (Lipinski definition) is 5. The minimum absolute atomic E-state index is 0.0951. The maximum Gasteiger partial charge on any atom is 0.256 e. The molecule has 3 aromatic rings. The van der Waals surface area contributed by atoms with Gasteiger partial charge in [-0.15, -0.1) is 0 Å². The van der Waals surface area contributed by atoms with Gasteiger partial charge in [-0.1, -0.05) is 12.1 Å². The number of rotatable bonds is 6. The van der Waals surface area contributed by atoms with Gasteiger partial charge < -0.3 is 10.2 Å². The van der Waals surface area contributed by atoms with Crippen LogP contribution in [0.15, 0.2) is 55.1 Å². The van der Waals surface area contributed by atoms with Crippen molar-refractivity contribution in [1.82, 2.24) is 19.9 Å². The molecule has 27 heavy (non-hydrogen) atoms. The molecule has 0 radical (unpaired) electrons. The number of amides is 1. The van der Waals surface area contributed by atoms with Crippen LogP contribution in [-0.4, -0.2) is 39.4 Å². The van der Waals surface area contributed by atoms with Crippen LogP contribution < -0.4 is 5.32 Å². The fraction of sp³-hybridized carbons (Fsp3) is 0.238. The predicted octanol–water partition coefficient (Wildman–Crippen LogP) is 3.55. The third-order valence-electron chi connectivity index (χ3n) is 4.37. The third-order valence-corrected chi connectivity index (χ3v) is 4.37. The molecule has 138 valence electrons. The van der Waals surface area contributed by atoms with Gasteiger partial charge in [-0.05, 0) is 55.2 Å². The Balaban J connectivity index is 1.62.